The molecule has 8 aromatic carbocycles. The average Bonchev–Trinajstić information content (AvgIpc) is 3.27. The van der Waals surface area contributed by atoms with Gasteiger partial charge in [0.25, 0.3) is 0 Å². The molecule has 0 fully saturated rings. The van der Waals surface area contributed by atoms with Crippen LogP contribution in [0.5, 0.6) is 0 Å². The van der Waals surface area contributed by atoms with E-state index in [9.17, 15) is 0 Å². The predicted octanol–water partition coefficient (Wildman–Crippen LogP) is 13.2. The number of benzene rings is 8. The van der Waals surface area contributed by atoms with E-state index in [1.165, 1.54) is 38.9 Å². The second-order valence-electron chi connectivity index (χ2n) is 13.2. The van der Waals surface area contributed by atoms with Crippen LogP contribution in [0.15, 0.2) is 212 Å². The molecule has 9 rings (SSSR count). The van der Waals surface area contributed by atoms with Crippen LogP contribution in [0.2, 0.25) is 0 Å². The number of hydrogen-bond acceptors (Lipinski definition) is 3. The summed E-state index contributed by atoms with van der Waals surface area (Å²) in [4.78, 5) is 15.0. The van der Waals surface area contributed by atoms with Crippen LogP contribution < -0.4 is 0 Å². The minimum atomic E-state index is 0.633. The van der Waals surface area contributed by atoms with Gasteiger partial charge in [0.1, 0.15) is 0 Å². The van der Waals surface area contributed by atoms with Crippen LogP contribution >= 0.6 is 0 Å². The highest BCUT2D eigenvalue weighted by Gasteiger charge is 2.15. The van der Waals surface area contributed by atoms with Gasteiger partial charge in [-0.3, -0.25) is 0 Å². The third kappa shape index (κ3) is 6.74. The Kier molecular flexibility index (Phi) is 8.94. The molecule has 0 spiro atoms. The van der Waals surface area contributed by atoms with Crippen molar-refractivity contribution in [1.82, 2.24) is 15.0 Å². The predicted molar refractivity (Wildman–Crippen MR) is 223 cm³/mol. The summed E-state index contributed by atoms with van der Waals surface area (Å²) >= 11 is 0. The lowest BCUT2D eigenvalue weighted by atomic mass is 9.88. The maximum Gasteiger partial charge on any atom is 0.164 e. The molecule has 3 heteroatoms. The number of rotatable bonds is 8. The lowest BCUT2D eigenvalue weighted by Crippen LogP contribution is -2.00. The highest BCUT2D eigenvalue weighted by atomic mass is 15.0. The Labute approximate surface area is 316 Å². The molecular formula is C51H35N3. The van der Waals surface area contributed by atoms with E-state index in [4.69, 9.17) is 15.0 Å². The summed E-state index contributed by atoms with van der Waals surface area (Å²) in [7, 11) is 0. The maximum absolute atomic E-state index is 5.03. The normalized spacial score (nSPS) is 11.0. The average molecular weight is 690 g/mol. The Bertz CT molecular complexity index is 2660. The van der Waals surface area contributed by atoms with Crippen molar-refractivity contribution < 1.29 is 0 Å². The summed E-state index contributed by atoms with van der Waals surface area (Å²) in [6, 6.07) is 74.2. The van der Waals surface area contributed by atoms with Crippen molar-refractivity contribution >= 4 is 0 Å². The van der Waals surface area contributed by atoms with Crippen molar-refractivity contribution in [2.45, 2.75) is 0 Å². The lowest BCUT2D eigenvalue weighted by Gasteiger charge is -2.16. The molecule has 0 aliphatic heterocycles. The van der Waals surface area contributed by atoms with E-state index in [0.29, 0.717) is 17.5 Å². The van der Waals surface area contributed by atoms with Gasteiger partial charge in [0.05, 0.1) is 0 Å². The minimum Gasteiger partial charge on any atom is -0.208 e. The summed E-state index contributed by atoms with van der Waals surface area (Å²) in [5, 5.41) is 0. The molecule has 0 unspecified atom stereocenters. The molecule has 254 valence electrons. The quantitative estimate of drug-likeness (QED) is 0.159. The highest BCUT2D eigenvalue weighted by Crippen LogP contribution is 2.39. The Balaban J connectivity index is 1.10. The van der Waals surface area contributed by atoms with Crippen molar-refractivity contribution in [1.29, 1.82) is 0 Å². The van der Waals surface area contributed by atoms with Gasteiger partial charge in [-0.05, 0) is 61.7 Å². The van der Waals surface area contributed by atoms with Crippen LogP contribution in [-0.2, 0) is 0 Å². The fraction of sp³-hybridized carbons (Fsp3) is 0. The number of aromatic nitrogens is 3. The van der Waals surface area contributed by atoms with Crippen LogP contribution in [0.3, 0.4) is 0 Å². The summed E-state index contributed by atoms with van der Waals surface area (Å²) < 4.78 is 0. The molecular weight excluding hydrogens is 655 g/mol. The first-order valence-corrected chi connectivity index (χ1v) is 18.2. The summed E-state index contributed by atoms with van der Waals surface area (Å²) in [5.41, 5.74) is 14.6. The van der Waals surface area contributed by atoms with E-state index in [-0.39, 0.29) is 0 Å². The van der Waals surface area contributed by atoms with Crippen LogP contribution in [0.25, 0.3) is 89.8 Å². The molecule has 0 bridgehead atoms. The van der Waals surface area contributed by atoms with Crippen molar-refractivity contribution in [2.75, 3.05) is 0 Å². The molecule has 9 aromatic rings. The smallest absolute Gasteiger partial charge is 0.164 e. The molecule has 3 nitrogen and oxygen atoms in total. The van der Waals surface area contributed by atoms with Gasteiger partial charge in [0, 0.05) is 16.7 Å². The molecule has 1 aromatic heterocycles. The monoisotopic (exact) mass is 689 g/mol. The van der Waals surface area contributed by atoms with E-state index in [1.54, 1.807) is 0 Å². The first-order valence-electron chi connectivity index (χ1n) is 18.2. The molecule has 0 atom stereocenters. The largest absolute Gasteiger partial charge is 0.208 e. The van der Waals surface area contributed by atoms with Gasteiger partial charge in [-0.15, -0.1) is 0 Å². The van der Waals surface area contributed by atoms with E-state index in [1.807, 2.05) is 36.4 Å². The molecule has 0 N–H and O–H groups in total. The number of hydrogen-bond donors (Lipinski definition) is 0. The summed E-state index contributed by atoms with van der Waals surface area (Å²) in [6.07, 6.45) is 0. The first kappa shape index (κ1) is 32.7. The molecule has 0 saturated heterocycles. The Morgan fingerprint density at radius 3 is 0.963 bits per heavy atom. The van der Waals surface area contributed by atoms with Crippen molar-refractivity contribution in [2.24, 2.45) is 0 Å². The van der Waals surface area contributed by atoms with Gasteiger partial charge in [0.2, 0.25) is 0 Å². The minimum absolute atomic E-state index is 0.633. The van der Waals surface area contributed by atoms with Crippen molar-refractivity contribution in [3.8, 4) is 89.8 Å². The first-order chi connectivity index (χ1) is 26.8. The standard InChI is InChI=1S/C51H35N3/c1-5-15-36(16-6-1)37-25-29-42(30-26-37)50-52-49(41-21-11-4-12-22-41)53-51(54-50)43-31-27-40(28-32-43)47-34-33-44(35-48(47)39-19-9-3-10-20-39)46-24-14-13-23-45(46)38-17-7-2-8-18-38/h1-35H. The third-order valence-corrected chi connectivity index (χ3v) is 9.80. The number of nitrogens with zero attached hydrogens (tertiary/aromatic N) is 3. The summed E-state index contributed by atoms with van der Waals surface area (Å²) in [6.45, 7) is 0. The van der Waals surface area contributed by atoms with Gasteiger partial charge in [0.15, 0.2) is 17.5 Å². The second kappa shape index (κ2) is 14.8. The lowest BCUT2D eigenvalue weighted by molar-refractivity contribution is 1.07. The molecule has 0 aliphatic rings. The van der Waals surface area contributed by atoms with Crippen LogP contribution in [0.1, 0.15) is 0 Å². The Morgan fingerprint density at radius 1 is 0.185 bits per heavy atom. The molecule has 0 radical (unpaired) electrons. The van der Waals surface area contributed by atoms with E-state index in [0.717, 1.165) is 33.4 Å². The van der Waals surface area contributed by atoms with Gasteiger partial charge in [-0.1, -0.05) is 206 Å². The second-order valence-corrected chi connectivity index (χ2v) is 13.2. The SMILES string of the molecule is c1ccc(-c2ccc(-c3nc(-c4ccccc4)nc(-c4ccc(-c5ccc(-c6ccccc6-c6ccccc6)cc5-c5ccccc5)cc4)n3)cc2)cc1. The zero-order chi connectivity index (χ0) is 36.1. The summed E-state index contributed by atoms with van der Waals surface area (Å²) in [5.74, 6) is 1.92. The van der Waals surface area contributed by atoms with E-state index < -0.39 is 0 Å². The third-order valence-electron chi connectivity index (χ3n) is 9.80. The zero-order valence-corrected chi connectivity index (χ0v) is 29.5. The molecule has 1 heterocycles. The molecule has 0 amide bonds. The molecule has 0 saturated carbocycles. The van der Waals surface area contributed by atoms with E-state index >= 15 is 0 Å². The van der Waals surface area contributed by atoms with E-state index in [2.05, 4.69) is 176 Å². The molecule has 0 aliphatic carbocycles. The van der Waals surface area contributed by atoms with Gasteiger partial charge in [-0.2, -0.15) is 0 Å². The zero-order valence-electron chi connectivity index (χ0n) is 29.5. The Morgan fingerprint density at radius 2 is 0.463 bits per heavy atom. The van der Waals surface area contributed by atoms with Crippen LogP contribution in [-0.4, -0.2) is 15.0 Å². The highest BCUT2D eigenvalue weighted by molar-refractivity contribution is 5.91. The molecule has 54 heavy (non-hydrogen) atoms. The van der Waals surface area contributed by atoms with Gasteiger partial charge >= 0.3 is 0 Å². The topological polar surface area (TPSA) is 38.7 Å². The van der Waals surface area contributed by atoms with Crippen molar-refractivity contribution in [3.63, 3.8) is 0 Å². The van der Waals surface area contributed by atoms with Crippen LogP contribution in [0, 0.1) is 0 Å². The van der Waals surface area contributed by atoms with Gasteiger partial charge in [-0.25, -0.2) is 15.0 Å². The maximum atomic E-state index is 5.03. The fourth-order valence-corrected chi connectivity index (χ4v) is 7.02. The fourth-order valence-electron chi connectivity index (χ4n) is 7.02. The van der Waals surface area contributed by atoms with Crippen molar-refractivity contribution in [3.05, 3.63) is 212 Å². The van der Waals surface area contributed by atoms with Gasteiger partial charge < -0.3 is 0 Å². The Hall–Kier alpha value is -7.23. The van der Waals surface area contributed by atoms with Crippen LogP contribution in [0.4, 0.5) is 0 Å².